The molecule has 0 aromatic heterocycles. The number of carbonyl (C=O) groups is 1. The maximum Gasteiger partial charge on any atom is 0.338 e. The first-order valence-corrected chi connectivity index (χ1v) is 9.41. The van der Waals surface area contributed by atoms with Gasteiger partial charge in [0.05, 0.1) is 17.9 Å². The van der Waals surface area contributed by atoms with Crippen molar-refractivity contribution in [2.45, 2.75) is 53.5 Å². The molecule has 1 aromatic rings. The number of nitrogens with zero attached hydrogens (tertiary/aromatic N) is 1. The topological polar surface area (TPSA) is 64.8 Å². The van der Waals surface area contributed by atoms with Crippen molar-refractivity contribution >= 4 is 11.7 Å². The van der Waals surface area contributed by atoms with Crippen molar-refractivity contribution in [2.75, 3.05) is 32.0 Å². The predicted molar refractivity (Wildman–Crippen MR) is 103 cm³/mol. The minimum absolute atomic E-state index is 0.230. The molecule has 0 aliphatic carbocycles. The molecule has 142 valence electrons. The first-order valence-electron chi connectivity index (χ1n) is 9.41. The Bertz CT molecular complexity index is 530. The van der Waals surface area contributed by atoms with Crippen LogP contribution in [0.2, 0.25) is 0 Å². The van der Waals surface area contributed by atoms with E-state index < -0.39 is 0 Å². The Morgan fingerprint density at radius 2 is 1.88 bits per heavy atom. The lowest BCUT2D eigenvalue weighted by Crippen LogP contribution is -2.43. The van der Waals surface area contributed by atoms with Crippen molar-refractivity contribution in [1.82, 2.24) is 4.90 Å². The summed E-state index contributed by atoms with van der Waals surface area (Å²) in [4.78, 5) is 14.8. The van der Waals surface area contributed by atoms with Gasteiger partial charge in [-0.15, -0.1) is 0 Å². The molecule has 0 amide bonds. The van der Waals surface area contributed by atoms with Gasteiger partial charge in [0.25, 0.3) is 0 Å². The van der Waals surface area contributed by atoms with Crippen LogP contribution in [0.1, 0.15) is 57.8 Å². The lowest BCUT2D eigenvalue weighted by atomic mass is 9.98. The van der Waals surface area contributed by atoms with Crippen LogP contribution < -0.4 is 10.5 Å². The predicted octanol–water partition coefficient (Wildman–Crippen LogP) is 3.97. The Morgan fingerprint density at radius 1 is 1.20 bits per heavy atom. The SMILES string of the molecule is CCCOc1cc(C(=O)OC[C@@H](C(C)CC)N(CC)CC)ccc1N. The van der Waals surface area contributed by atoms with Crippen molar-refractivity contribution in [3.05, 3.63) is 23.8 Å². The maximum atomic E-state index is 12.5. The van der Waals surface area contributed by atoms with Gasteiger partial charge >= 0.3 is 5.97 Å². The molecule has 1 rings (SSSR count). The van der Waals surface area contributed by atoms with Gasteiger partial charge in [0.2, 0.25) is 0 Å². The summed E-state index contributed by atoms with van der Waals surface area (Å²) in [6.07, 6.45) is 1.93. The summed E-state index contributed by atoms with van der Waals surface area (Å²) in [5.74, 6) is 0.669. The van der Waals surface area contributed by atoms with E-state index in [1.807, 2.05) is 6.92 Å². The van der Waals surface area contributed by atoms with Crippen molar-refractivity contribution in [3.8, 4) is 5.75 Å². The Hall–Kier alpha value is -1.75. The highest BCUT2D eigenvalue weighted by molar-refractivity contribution is 5.90. The molecule has 1 aromatic carbocycles. The fourth-order valence-electron chi connectivity index (χ4n) is 2.84. The van der Waals surface area contributed by atoms with E-state index in [4.69, 9.17) is 15.2 Å². The van der Waals surface area contributed by atoms with Gasteiger partial charge in [0.1, 0.15) is 12.4 Å². The molecule has 2 atom stereocenters. The van der Waals surface area contributed by atoms with E-state index in [0.717, 1.165) is 25.9 Å². The van der Waals surface area contributed by atoms with E-state index in [0.29, 0.717) is 36.1 Å². The van der Waals surface area contributed by atoms with Gasteiger partial charge in [-0.2, -0.15) is 0 Å². The van der Waals surface area contributed by atoms with Gasteiger partial charge in [-0.1, -0.05) is 41.0 Å². The van der Waals surface area contributed by atoms with Gasteiger partial charge in [0, 0.05) is 6.04 Å². The lowest BCUT2D eigenvalue weighted by molar-refractivity contribution is 0.0272. The molecule has 1 unspecified atom stereocenters. The van der Waals surface area contributed by atoms with Crippen molar-refractivity contribution in [2.24, 2.45) is 5.92 Å². The quantitative estimate of drug-likeness (QED) is 0.483. The zero-order valence-electron chi connectivity index (χ0n) is 16.4. The van der Waals surface area contributed by atoms with E-state index in [2.05, 4.69) is 32.6 Å². The summed E-state index contributed by atoms with van der Waals surface area (Å²) >= 11 is 0. The molecule has 0 heterocycles. The lowest BCUT2D eigenvalue weighted by Gasteiger charge is -2.33. The zero-order chi connectivity index (χ0) is 18.8. The molecule has 0 bridgehead atoms. The average Bonchev–Trinajstić information content (AvgIpc) is 2.63. The molecular weight excluding hydrogens is 316 g/mol. The first kappa shape index (κ1) is 21.3. The monoisotopic (exact) mass is 350 g/mol. The van der Waals surface area contributed by atoms with Crippen LogP contribution in [0.5, 0.6) is 5.75 Å². The van der Waals surface area contributed by atoms with Gasteiger partial charge in [-0.25, -0.2) is 4.79 Å². The molecule has 0 aliphatic heterocycles. The zero-order valence-corrected chi connectivity index (χ0v) is 16.4. The summed E-state index contributed by atoms with van der Waals surface area (Å²) in [5, 5.41) is 0. The highest BCUT2D eigenvalue weighted by atomic mass is 16.5. The van der Waals surface area contributed by atoms with Gasteiger partial charge < -0.3 is 15.2 Å². The summed E-state index contributed by atoms with van der Waals surface area (Å²) in [5.41, 5.74) is 6.91. The highest BCUT2D eigenvalue weighted by Crippen LogP contribution is 2.24. The Kier molecular flexibility index (Phi) is 9.35. The van der Waals surface area contributed by atoms with Crippen LogP contribution in [-0.4, -0.2) is 43.2 Å². The van der Waals surface area contributed by atoms with Crippen LogP contribution in [0.25, 0.3) is 0 Å². The highest BCUT2D eigenvalue weighted by Gasteiger charge is 2.23. The average molecular weight is 351 g/mol. The Labute approximate surface area is 152 Å². The summed E-state index contributed by atoms with van der Waals surface area (Å²) < 4.78 is 11.2. The number of carbonyl (C=O) groups excluding carboxylic acids is 1. The molecule has 0 saturated carbocycles. The molecule has 2 N–H and O–H groups in total. The molecule has 0 spiro atoms. The third-order valence-electron chi connectivity index (χ3n) is 4.68. The molecule has 0 radical (unpaired) electrons. The summed E-state index contributed by atoms with van der Waals surface area (Å²) in [6, 6.07) is 5.28. The van der Waals surface area contributed by atoms with Crippen LogP contribution >= 0.6 is 0 Å². The van der Waals surface area contributed by atoms with E-state index in [-0.39, 0.29) is 12.0 Å². The standard InChI is InChI=1S/C20H34N2O3/c1-6-12-24-19-13-16(10-11-17(19)21)20(23)25-14-18(15(5)7-2)22(8-3)9-4/h10-11,13,15,18H,6-9,12,14,21H2,1-5H3/t15?,18-/m0/s1. The number of esters is 1. The fourth-order valence-corrected chi connectivity index (χ4v) is 2.84. The normalized spacial score (nSPS) is 13.5. The second kappa shape index (κ2) is 11.0. The third-order valence-corrected chi connectivity index (χ3v) is 4.68. The smallest absolute Gasteiger partial charge is 0.338 e. The number of anilines is 1. The number of hydrogen-bond donors (Lipinski definition) is 1. The van der Waals surface area contributed by atoms with Crippen molar-refractivity contribution < 1.29 is 14.3 Å². The van der Waals surface area contributed by atoms with Crippen molar-refractivity contribution in [1.29, 1.82) is 0 Å². The van der Waals surface area contributed by atoms with Gasteiger partial charge in [-0.3, -0.25) is 4.90 Å². The van der Waals surface area contributed by atoms with Gasteiger partial charge in [-0.05, 0) is 43.6 Å². The number of likely N-dealkylation sites (N-methyl/N-ethyl adjacent to an activating group) is 1. The van der Waals surface area contributed by atoms with Gasteiger partial charge in [0.15, 0.2) is 0 Å². The molecular formula is C20H34N2O3. The number of hydrogen-bond acceptors (Lipinski definition) is 5. The van der Waals surface area contributed by atoms with Crippen LogP contribution in [0, 0.1) is 5.92 Å². The minimum atomic E-state index is -0.332. The van der Waals surface area contributed by atoms with E-state index >= 15 is 0 Å². The minimum Gasteiger partial charge on any atom is -0.491 e. The molecule has 0 fully saturated rings. The third kappa shape index (κ3) is 6.24. The van der Waals surface area contributed by atoms with E-state index in [1.165, 1.54) is 0 Å². The fraction of sp³-hybridized carbons (Fsp3) is 0.650. The molecule has 5 nitrogen and oxygen atoms in total. The molecule has 5 heteroatoms. The number of rotatable bonds is 11. The van der Waals surface area contributed by atoms with E-state index in [9.17, 15) is 4.79 Å². The summed E-state index contributed by atoms with van der Waals surface area (Å²) in [7, 11) is 0. The second-order valence-corrected chi connectivity index (χ2v) is 6.37. The van der Waals surface area contributed by atoms with E-state index in [1.54, 1.807) is 18.2 Å². The van der Waals surface area contributed by atoms with Crippen LogP contribution in [0.15, 0.2) is 18.2 Å². The Balaban J connectivity index is 2.79. The van der Waals surface area contributed by atoms with Crippen LogP contribution in [-0.2, 0) is 4.74 Å². The number of ether oxygens (including phenoxy) is 2. The van der Waals surface area contributed by atoms with Crippen LogP contribution in [0.4, 0.5) is 5.69 Å². The maximum absolute atomic E-state index is 12.5. The van der Waals surface area contributed by atoms with Crippen LogP contribution in [0.3, 0.4) is 0 Å². The molecule has 25 heavy (non-hydrogen) atoms. The number of benzene rings is 1. The molecule has 0 aliphatic rings. The molecule has 0 saturated heterocycles. The first-order chi connectivity index (χ1) is 12.0. The summed E-state index contributed by atoms with van der Waals surface area (Å²) in [6.45, 7) is 13.5. The number of nitrogens with two attached hydrogens (primary N) is 1. The van der Waals surface area contributed by atoms with Crippen molar-refractivity contribution in [3.63, 3.8) is 0 Å². The second-order valence-electron chi connectivity index (χ2n) is 6.37. The number of nitrogen functional groups attached to an aromatic ring is 1. The largest absolute Gasteiger partial charge is 0.491 e. The Morgan fingerprint density at radius 3 is 2.44 bits per heavy atom.